The van der Waals surface area contributed by atoms with Crippen molar-refractivity contribution < 1.29 is 8.53 Å². The molecule has 0 amide bonds. The summed E-state index contributed by atoms with van der Waals surface area (Å²) in [4.78, 5) is 4.56. The monoisotopic (exact) mass is 436 g/mol. The van der Waals surface area contributed by atoms with Gasteiger partial charge >= 0.3 is 0 Å². The Morgan fingerprint density at radius 1 is 0.909 bits per heavy atom. The number of rotatable bonds is 4. The molecule has 2 heteroatoms. The lowest BCUT2D eigenvalue weighted by molar-refractivity contribution is 0.411. The quantitative estimate of drug-likeness (QED) is 0.281. The van der Waals surface area contributed by atoms with E-state index in [-0.39, 0.29) is 0 Å². The number of hydrogen-bond acceptors (Lipinski definition) is 2. The summed E-state index contributed by atoms with van der Waals surface area (Å²) in [5.41, 5.74) is 6.09. The smallest absolute Gasteiger partial charge is 0.139 e. The van der Waals surface area contributed by atoms with Gasteiger partial charge in [0, 0.05) is 32.2 Å². The molecular weight excluding hydrogens is 402 g/mol. The third kappa shape index (κ3) is 4.18. The molecule has 5 rings (SSSR count). The second kappa shape index (κ2) is 8.19. The lowest BCUT2D eigenvalue weighted by Gasteiger charge is -2.18. The van der Waals surface area contributed by atoms with Gasteiger partial charge < -0.3 is 4.42 Å². The molecule has 0 radical (unpaired) electrons. The summed E-state index contributed by atoms with van der Waals surface area (Å²) in [6.45, 7) is 9.51. The van der Waals surface area contributed by atoms with Crippen LogP contribution in [-0.4, -0.2) is 4.98 Å². The van der Waals surface area contributed by atoms with Crippen LogP contribution in [0, 0.1) is 5.41 Å². The number of fused-ring (bicyclic) bond motifs is 3. The highest BCUT2D eigenvalue weighted by atomic mass is 16.3. The van der Waals surface area contributed by atoms with Gasteiger partial charge in [-0.3, -0.25) is 4.98 Å². The molecule has 0 unspecified atom stereocenters. The molecule has 0 N–H and O–H groups in total. The first kappa shape index (κ1) is 18.1. The van der Waals surface area contributed by atoms with Gasteiger partial charge in [-0.15, -0.1) is 0 Å². The molecule has 166 valence electrons. The molecule has 2 nitrogen and oxygen atoms in total. The van der Waals surface area contributed by atoms with Crippen molar-refractivity contribution in [1.82, 2.24) is 4.98 Å². The molecule has 0 saturated carbocycles. The molecule has 0 aliphatic heterocycles. The zero-order valence-electron chi connectivity index (χ0n) is 22.9. The van der Waals surface area contributed by atoms with Gasteiger partial charge in [0.2, 0.25) is 0 Å². The van der Waals surface area contributed by atoms with Crippen molar-refractivity contribution in [1.29, 1.82) is 0 Å². The van der Waals surface area contributed by atoms with E-state index in [1.807, 2.05) is 71.0 Å². The highest BCUT2D eigenvalue weighted by Gasteiger charge is 2.19. The van der Waals surface area contributed by atoms with Crippen LogP contribution in [0.2, 0.25) is 0 Å². The van der Waals surface area contributed by atoms with Gasteiger partial charge in [-0.2, -0.15) is 0 Å². The first-order valence-electron chi connectivity index (χ1n) is 12.9. The van der Waals surface area contributed by atoms with Crippen molar-refractivity contribution in [3.63, 3.8) is 0 Å². The van der Waals surface area contributed by atoms with E-state index in [0.29, 0.717) is 5.56 Å². The first-order valence-corrected chi connectivity index (χ1v) is 11.4. The summed E-state index contributed by atoms with van der Waals surface area (Å²) in [7, 11) is 0. The van der Waals surface area contributed by atoms with Crippen molar-refractivity contribution in [3.8, 4) is 22.4 Å². The van der Waals surface area contributed by atoms with Crippen LogP contribution in [0.4, 0.5) is 0 Å². The van der Waals surface area contributed by atoms with Crippen LogP contribution >= 0.6 is 0 Å². The second-order valence-corrected chi connectivity index (χ2v) is 9.85. The van der Waals surface area contributed by atoms with Crippen LogP contribution in [-0.2, 0) is 6.37 Å². The van der Waals surface area contributed by atoms with E-state index in [4.69, 9.17) is 8.53 Å². The van der Waals surface area contributed by atoms with Gasteiger partial charge in [0.05, 0.1) is 5.69 Å². The van der Waals surface area contributed by atoms with Crippen LogP contribution in [0.15, 0.2) is 83.4 Å². The number of furan rings is 1. The summed E-state index contributed by atoms with van der Waals surface area (Å²) >= 11 is 0. The predicted molar refractivity (Wildman–Crippen MR) is 140 cm³/mol. The van der Waals surface area contributed by atoms with Gasteiger partial charge in [-0.05, 0) is 70.8 Å². The Morgan fingerprint density at radius 3 is 2.42 bits per heavy atom. The average molecular weight is 437 g/mol. The maximum atomic E-state index is 8.92. The van der Waals surface area contributed by atoms with Gasteiger partial charge in [-0.1, -0.05) is 71.0 Å². The fourth-order valence-electron chi connectivity index (χ4n) is 4.45. The maximum absolute atomic E-state index is 8.92. The number of nitrogens with zero attached hydrogens (tertiary/aromatic N) is 1. The lowest BCUT2D eigenvalue weighted by Crippen LogP contribution is -2.09. The molecule has 0 bridgehead atoms. The van der Waals surface area contributed by atoms with Crippen LogP contribution in [0.5, 0.6) is 0 Å². The second-order valence-electron chi connectivity index (χ2n) is 9.85. The van der Waals surface area contributed by atoms with Gasteiger partial charge in [0.25, 0.3) is 0 Å². The van der Waals surface area contributed by atoms with Gasteiger partial charge in [0.15, 0.2) is 0 Å². The summed E-state index contributed by atoms with van der Waals surface area (Å²) < 4.78 is 32.7. The normalized spacial score (nSPS) is 14.3. The molecule has 0 fully saturated rings. The van der Waals surface area contributed by atoms with E-state index < -0.39 is 17.7 Å². The predicted octanol–water partition coefficient (Wildman–Crippen LogP) is 9.03. The first-order chi connectivity index (χ1) is 16.9. The number of aromatic nitrogens is 1. The van der Waals surface area contributed by atoms with Crippen molar-refractivity contribution in [2.75, 3.05) is 0 Å². The molecule has 0 atom stereocenters. The Morgan fingerprint density at radius 2 is 1.70 bits per heavy atom. The van der Waals surface area contributed by atoms with Crippen LogP contribution in [0.1, 0.15) is 55.8 Å². The average Bonchev–Trinajstić information content (AvgIpc) is 3.20. The van der Waals surface area contributed by atoms with E-state index in [1.54, 1.807) is 12.3 Å². The van der Waals surface area contributed by atoms with Gasteiger partial charge in [0.1, 0.15) is 11.2 Å². The van der Waals surface area contributed by atoms with Crippen molar-refractivity contribution in [2.24, 2.45) is 5.41 Å². The minimum Gasteiger partial charge on any atom is -0.456 e. The standard InChI is InChI=1S/C31H31NO/c1-20(2)29-24(22-9-7-6-8-10-22)12-13-25-26-18-23(11-14-28(26)33-30(25)29)27-17-21(15-16-32-27)19-31(3,4)5/h6-18,20H,19H2,1-5H3/i19D2,20D. The van der Waals surface area contributed by atoms with Crippen molar-refractivity contribution in [2.45, 2.75) is 46.9 Å². The highest BCUT2D eigenvalue weighted by Crippen LogP contribution is 2.40. The Balaban J connectivity index is 1.70. The molecule has 2 aromatic heterocycles. The molecule has 33 heavy (non-hydrogen) atoms. The van der Waals surface area contributed by atoms with E-state index >= 15 is 0 Å². The van der Waals surface area contributed by atoms with Gasteiger partial charge in [-0.25, -0.2) is 0 Å². The van der Waals surface area contributed by atoms with Crippen molar-refractivity contribution in [3.05, 3.63) is 90.1 Å². The zero-order valence-corrected chi connectivity index (χ0v) is 19.9. The molecule has 0 aliphatic carbocycles. The van der Waals surface area contributed by atoms with Crippen LogP contribution in [0.25, 0.3) is 44.3 Å². The third-order valence-corrected chi connectivity index (χ3v) is 5.80. The molecule has 2 heterocycles. The SMILES string of the molecule is [2H]C(C)(C)c1c(-c2ccccc2)ccc2c1oc1ccc(-c3cc(C([2H])([2H])C(C)(C)C)ccn3)cc12. The molecule has 3 aromatic carbocycles. The Kier molecular flexibility index (Phi) is 4.49. The highest BCUT2D eigenvalue weighted by molar-refractivity contribution is 6.08. The van der Waals surface area contributed by atoms with E-state index in [2.05, 4.69) is 35.3 Å². The van der Waals surface area contributed by atoms with Crippen LogP contribution in [0.3, 0.4) is 0 Å². The lowest BCUT2D eigenvalue weighted by atomic mass is 9.88. The Bertz CT molecular complexity index is 1570. The minimum atomic E-state index is -1.50. The topological polar surface area (TPSA) is 26.0 Å². The fourth-order valence-corrected chi connectivity index (χ4v) is 4.45. The summed E-state index contributed by atoms with van der Waals surface area (Å²) in [6.07, 6.45) is 0.179. The Labute approximate surface area is 200 Å². The van der Waals surface area contributed by atoms with E-state index in [1.165, 1.54) is 0 Å². The molecule has 0 saturated heterocycles. The third-order valence-electron chi connectivity index (χ3n) is 5.80. The summed E-state index contributed by atoms with van der Waals surface area (Å²) in [5.74, 6) is -0.865. The minimum absolute atomic E-state index is 0.549. The van der Waals surface area contributed by atoms with Crippen molar-refractivity contribution >= 4 is 21.9 Å². The molecule has 0 aliphatic rings. The molecule has 5 aromatic rings. The van der Waals surface area contributed by atoms with E-state index in [0.717, 1.165) is 49.9 Å². The Hall–Kier alpha value is -3.39. The zero-order chi connectivity index (χ0) is 25.9. The molecular formula is C31H31NO. The number of pyridine rings is 1. The summed E-state index contributed by atoms with van der Waals surface area (Å²) in [5, 5.41) is 1.92. The summed E-state index contributed by atoms with van der Waals surface area (Å²) in [6, 6.07) is 23.9. The largest absolute Gasteiger partial charge is 0.456 e. The number of benzene rings is 3. The maximum Gasteiger partial charge on any atom is 0.139 e. The number of hydrogen-bond donors (Lipinski definition) is 0. The fraction of sp³-hybridized carbons (Fsp3) is 0.258. The van der Waals surface area contributed by atoms with E-state index in [9.17, 15) is 0 Å². The molecule has 0 spiro atoms. The van der Waals surface area contributed by atoms with Crippen LogP contribution < -0.4 is 0 Å².